The fourth-order valence-electron chi connectivity index (χ4n) is 12.5. The maximum atomic E-state index is 13.1. The lowest BCUT2D eigenvalue weighted by atomic mass is 10.0. The lowest BCUT2D eigenvalue weighted by molar-refractivity contribution is -0.161. The van der Waals surface area contributed by atoms with E-state index < -0.39 is 97.5 Å². The van der Waals surface area contributed by atoms with Gasteiger partial charge in [-0.2, -0.15) is 0 Å². The summed E-state index contributed by atoms with van der Waals surface area (Å²) in [7, 11) is -9.92. The van der Waals surface area contributed by atoms with Gasteiger partial charge in [-0.3, -0.25) is 37.3 Å². The summed E-state index contributed by atoms with van der Waals surface area (Å²) in [5, 5.41) is 10.6. The second-order valence-electron chi connectivity index (χ2n) is 30.1. The van der Waals surface area contributed by atoms with E-state index in [2.05, 4.69) is 41.5 Å². The largest absolute Gasteiger partial charge is 0.472 e. The first-order valence-electron chi connectivity index (χ1n) is 42.0. The molecule has 594 valence electrons. The normalized spacial score (nSPS) is 13.9. The van der Waals surface area contributed by atoms with Gasteiger partial charge in [-0.1, -0.05) is 375 Å². The molecule has 0 rings (SSSR count). The molecule has 0 aromatic carbocycles. The summed E-state index contributed by atoms with van der Waals surface area (Å²) in [6.07, 6.45) is 62.3. The zero-order valence-electron chi connectivity index (χ0n) is 65.5. The molecule has 17 nitrogen and oxygen atoms in total. The first-order valence-corrected chi connectivity index (χ1v) is 45.0. The molecule has 0 aliphatic rings. The van der Waals surface area contributed by atoms with Gasteiger partial charge in [0.1, 0.15) is 19.3 Å². The van der Waals surface area contributed by atoms with Gasteiger partial charge < -0.3 is 33.8 Å². The van der Waals surface area contributed by atoms with Crippen LogP contribution in [0.2, 0.25) is 0 Å². The minimum atomic E-state index is -4.96. The molecule has 100 heavy (non-hydrogen) atoms. The van der Waals surface area contributed by atoms with Crippen LogP contribution in [0.4, 0.5) is 0 Å². The molecule has 5 atom stereocenters. The number of phosphoric acid groups is 2. The second kappa shape index (κ2) is 72.6. The highest BCUT2D eigenvalue weighted by atomic mass is 31.2. The predicted octanol–water partition coefficient (Wildman–Crippen LogP) is 24.3. The molecule has 0 amide bonds. The molecule has 0 saturated heterocycles. The minimum absolute atomic E-state index is 0.108. The Hall–Kier alpha value is -1.94. The predicted molar refractivity (Wildman–Crippen MR) is 409 cm³/mol. The Labute approximate surface area is 613 Å². The fraction of sp³-hybridized carbons (Fsp3) is 0.951. The molecule has 0 saturated carbocycles. The monoisotopic (exact) mass is 1470 g/mol. The average molecular weight is 1470 g/mol. The van der Waals surface area contributed by atoms with Crippen LogP contribution >= 0.6 is 15.6 Å². The number of ether oxygens (including phenoxy) is 4. The molecule has 0 aliphatic carbocycles. The van der Waals surface area contributed by atoms with Gasteiger partial charge in [-0.25, -0.2) is 9.13 Å². The number of hydrogen-bond acceptors (Lipinski definition) is 15. The van der Waals surface area contributed by atoms with E-state index in [1.54, 1.807) is 0 Å². The zero-order valence-corrected chi connectivity index (χ0v) is 67.3. The van der Waals surface area contributed by atoms with Crippen LogP contribution in [0.15, 0.2) is 0 Å². The topological polar surface area (TPSA) is 237 Å². The number of carbonyl (C=O) groups is 4. The highest BCUT2D eigenvalue weighted by Crippen LogP contribution is 2.45. The Balaban J connectivity index is 5.23. The number of carbonyl (C=O) groups excluding carboxylic acids is 4. The molecule has 0 radical (unpaired) electrons. The number of rotatable bonds is 80. The van der Waals surface area contributed by atoms with Crippen molar-refractivity contribution in [3.05, 3.63) is 0 Å². The van der Waals surface area contributed by atoms with Gasteiger partial charge in [-0.05, 0) is 37.5 Å². The van der Waals surface area contributed by atoms with E-state index in [1.165, 1.54) is 244 Å². The van der Waals surface area contributed by atoms with Crippen molar-refractivity contribution in [1.29, 1.82) is 0 Å². The molecule has 0 aliphatic heterocycles. The van der Waals surface area contributed by atoms with Crippen molar-refractivity contribution in [3.63, 3.8) is 0 Å². The summed E-state index contributed by atoms with van der Waals surface area (Å²) < 4.78 is 68.7. The Kier molecular flexibility index (Phi) is 71.2. The summed E-state index contributed by atoms with van der Waals surface area (Å²) in [5.41, 5.74) is 0. The Morgan fingerprint density at radius 2 is 0.460 bits per heavy atom. The SMILES string of the molecule is CCCCCCCCCCCCCCCC(=O)OC[C@H](COP(=O)(O)OC[C@H](O)COP(=O)(O)OC[C@@H](COC(=O)CCCCCCCCCCCCC(C)C)OC(=O)CCCCCCCCCCCCCCCCCCCCC(C)C)OC(=O)CCCCCCCCCCCCCCC. The molecule has 0 heterocycles. The molecule has 2 unspecified atom stereocenters. The molecule has 0 fully saturated rings. The number of hydrogen-bond donors (Lipinski definition) is 3. The highest BCUT2D eigenvalue weighted by Gasteiger charge is 2.30. The number of phosphoric ester groups is 2. The maximum absolute atomic E-state index is 13.1. The minimum Gasteiger partial charge on any atom is -0.462 e. The molecule has 0 bridgehead atoms. The second-order valence-corrected chi connectivity index (χ2v) is 33.0. The van der Waals surface area contributed by atoms with Gasteiger partial charge in [0.15, 0.2) is 12.2 Å². The Morgan fingerprint density at radius 3 is 0.680 bits per heavy atom. The molecule has 3 N–H and O–H groups in total. The van der Waals surface area contributed by atoms with Crippen molar-refractivity contribution in [3.8, 4) is 0 Å². The van der Waals surface area contributed by atoms with Crippen molar-refractivity contribution in [1.82, 2.24) is 0 Å². The van der Waals surface area contributed by atoms with Crippen molar-refractivity contribution < 1.29 is 80.2 Å². The fourth-order valence-corrected chi connectivity index (χ4v) is 14.1. The van der Waals surface area contributed by atoms with Crippen molar-refractivity contribution in [2.75, 3.05) is 39.6 Å². The summed E-state index contributed by atoms with van der Waals surface area (Å²) in [5.74, 6) is -0.528. The third-order valence-corrected chi connectivity index (χ3v) is 20.9. The zero-order chi connectivity index (χ0) is 73.5. The Bertz CT molecular complexity index is 1920. The third kappa shape index (κ3) is 74.3. The first-order chi connectivity index (χ1) is 48.4. The van der Waals surface area contributed by atoms with Crippen LogP contribution in [0, 0.1) is 11.8 Å². The molecular formula is C81H158O17P2. The molecule has 0 aromatic heterocycles. The number of aliphatic hydroxyl groups is 1. The maximum Gasteiger partial charge on any atom is 0.472 e. The van der Waals surface area contributed by atoms with E-state index in [-0.39, 0.29) is 25.7 Å². The quantitative estimate of drug-likeness (QED) is 0.0222. The Morgan fingerprint density at radius 1 is 0.270 bits per heavy atom. The smallest absolute Gasteiger partial charge is 0.462 e. The summed E-state index contributed by atoms with van der Waals surface area (Å²) >= 11 is 0. The van der Waals surface area contributed by atoms with E-state index in [9.17, 15) is 43.2 Å². The van der Waals surface area contributed by atoms with Crippen molar-refractivity contribution in [2.45, 2.75) is 445 Å². The van der Waals surface area contributed by atoms with Crippen LogP contribution in [0.25, 0.3) is 0 Å². The van der Waals surface area contributed by atoms with Crippen LogP contribution in [-0.2, 0) is 65.4 Å². The van der Waals surface area contributed by atoms with Crippen LogP contribution in [-0.4, -0.2) is 96.7 Å². The van der Waals surface area contributed by atoms with Gasteiger partial charge in [0.05, 0.1) is 26.4 Å². The van der Waals surface area contributed by atoms with Gasteiger partial charge in [0.2, 0.25) is 0 Å². The van der Waals surface area contributed by atoms with Crippen LogP contribution in [0.3, 0.4) is 0 Å². The van der Waals surface area contributed by atoms with Crippen molar-refractivity contribution in [2.24, 2.45) is 11.8 Å². The lowest BCUT2D eigenvalue weighted by Crippen LogP contribution is -2.30. The first kappa shape index (κ1) is 98.1. The summed E-state index contributed by atoms with van der Waals surface area (Å²) in [4.78, 5) is 73.0. The summed E-state index contributed by atoms with van der Waals surface area (Å²) in [6, 6.07) is 0. The molecule has 19 heteroatoms. The lowest BCUT2D eigenvalue weighted by Gasteiger charge is -2.21. The van der Waals surface area contributed by atoms with E-state index >= 15 is 0 Å². The van der Waals surface area contributed by atoms with E-state index in [0.29, 0.717) is 25.7 Å². The number of esters is 4. The molecular weight excluding hydrogens is 1310 g/mol. The highest BCUT2D eigenvalue weighted by molar-refractivity contribution is 7.47. The van der Waals surface area contributed by atoms with Crippen LogP contribution in [0.1, 0.15) is 427 Å². The van der Waals surface area contributed by atoms with Crippen LogP contribution < -0.4 is 0 Å². The van der Waals surface area contributed by atoms with Gasteiger partial charge in [0, 0.05) is 25.7 Å². The van der Waals surface area contributed by atoms with Gasteiger partial charge >= 0.3 is 39.5 Å². The van der Waals surface area contributed by atoms with Crippen molar-refractivity contribution >= 4 is 39.5 Å². The van der Waals surface area contributed by atoms with E-state index in [4.69, 9.17) is 37.0 Å². The summed E-state index contributed by atoms with van der Waals surface area (Å²) in [6.45, 7) is 9.67. The molecule has 0 aromatic rings. The molecule has 0 spiro atoms. The average Bonchev–Trinajstić information content (AvgIpc) is 0.927. The standard InChI is InChI=1S/C81H158O17P2/c1-7-9-11-13-15-17-19-27-32-39-45-51-57-63-78(83)91-69-76(97-80(85)65-59-53-47-41-33-28-20-18-16-14-12-10-8-2)71-95-99(87,88)93-67-75(82)68-94-100(89,90)96-72-77(70-92-79(84)64-58-52-46-40-36-35-38-44-50-56-62-74(5)6)98-81(86)66-60-54-48-42-34-30-26-24-22-21-23-25-29-31-37-43-49-55-61-73(3)4/h73-77,82H,7-72H2,1-6H3,(H,87,88)(H,89,90)/t75-,76+,77+/m0/s1. The van der Waals surface area contributed by atoms with Gasteiger partial charge in [0.25, 0.3) is 0 Å². The van der Waals surface area contributed by atoms with Gasteiger partial charge in [-0.15, -0.1) is 0 Å². The third-order valence-electron chi connectivity index (χ3n) is 19.0. The number of aliphatic hydroxyl groups excluding tert-OH is 1. The van der Waals surface area contributed by atoms with Crippen LogP contribution in [0.5, 0.6) is 0 Å². The number of unbranched alkanes of at least 4 members (excludes halogenated alkanes) is 50. The van der Waals surface area contributed by atoms with E-state index in [1.807, 2.05) is 0 Å². The van der Waals surface area contributed by atoms with E-state index in [0.717, 1.165) is 102 Å².